The standard InChI is InChI=1S/C17H16N4O3/c1-11-3-2-4-13(18-11)8-5-12-6-9-14(10-7-12)24-16-15(17(22)23)19-21-20-16/h2-4,6-7,9-10,15-16,19-21H,1H3,(H,22,23). The van der Waals surface area contributed by atoms with Crippen molar-refractivity contribution in [1.82, 2.24) is 21.4 Å². The van der Waals surface area contributed by atoms with Gasteiger partial charge in [-0.1, -0.05) is 12.0 Å². The van der Waals surface area contributed by atoms with E-state index in [9.17, 15) is 4.79 Å². The number of carbonyl (C=O) groups is 1. The number of ether oxygens (including phenoxy) is 1. The van der Waals surface area contributed by atoms with E-state index in [-0.39, 0.29) is 0 Å². The van der Waals surface area contributed by atoms with E-state index in [2.05, 4.69) is 33.2 Å². The molecule has 2 unspecified atom stereocenters. The largest absolute Gasteiger partial charge is 0.480 e. The first-order valence-electron chi connectivity index (χ1n) is 7.33. The SMILES string of the molecule is Cc1cccc(C#Cc2ccc(OC3NNNC3C(=O)O)cc2)n1. The van der Waals surface area contributed by atoms with Crippen molar-refractivity contribution in [3.8, 4) is 17.6 Å². The van der Waals surface area contributed by atoms with E-state index in [4.69, 9.17) is 9.84 Å². The number of aliphatic carboxylic acids is 1. The maximum atomic E-state index is 11.1. The van der Waals surface area contributed by atoms with Gasteiger partial charge in [-0.05, 0) is 49.2 Å². The van der Waals surface area contributed by atoms with Crippen molar-refractivity contribution in [3.05, 3.63) is 59.4 Å². The zero-order valence-electron chi connectivity index (χ0n) is 12.9. The highest BCUT2D eigenvalue weighted by molar-refractivity contribution is 5.74. The summed E-state index contributed by atoms with van der Waals surface area (Å²) in [4.78, 5) is 15.4. The van der Waals surface area contributed by atoms with Gasteiger partial charge in [0.25, 0.3) is 0 Å². The molecule has 1 aromatic carbocycles. The van der Waals surface area contributed by atoms with E-state index in [1.54, 1.807) is 12.1 Å². The molecule has 0 bridgehead atoms. The van der Waals surface area contributed by atoms with Crippen LogP contribution in [-0.2, 0) is 4.79 Å². The number of carboxylic acids is 1. The fraction of sp³-hybridized carbons (Fsp3) is 0.176. The summed E-state index contributed by atoms with van der Waals surface area (Å²) in [5, 5.41) is 9.06. The lowest BCUT2D eigenvalue weighted by atomic mass is 10.2. The second-order valence-electron chi connectivity index (χ2n) is 5.21. The lowest BCUT2D eigenvalue weighted by Crippen LogP contribution is -2.44. The molecule has 1 aliphatic rings. The molecule has 0 aliphatic carbocycles. The summed E-state index contributed by atoms with van der Waals surface area (Å²) in [5.41, 5.74) is 10.3. The van der Waals surface area contributed by atoms with Crippen molar-refractivity contribution in [2.75, 3.05) is 0 Å². The summed E-state index contributed by atoms with van der Waals surface area (Å²) in [6, 6.07) is 11.9. The van der Waals surface area contributed by atoms with Crippen molar-refractivity contribution in [2.24, 2.45) is 0 Å². The van der Waals surface area contributed by atoms with Crippen molar-refractivity contribution in [3.63, 3.8) is 0 Å². The van der Waals surface area contributed by atoms with Gasteiger partial charge in [0, 0.05) is 11.3 Å². The zero-order valence-corrected chi connectivity index (χ0v) is 12.9. The van der Waals surface area contributed by atoms with E-state index >= 15 is 0 Å². The van der Waals surface area contributed by atoms with Crippen LogP contribution in [0.5, 0.6) is 5.75 Å². The number of hydrogen-bond donors (Lipinski definition) is 4. The summed E-state index contributed by atoms with van der Waals surface area (Å²) < 4.78 is 5.61. The lowest BCUT2D eigenvalue weighted by Gasteiger charge is -2.16. The van der Waals surface area contributed by atoms with Crippen LogP contribution in [0.25, 0.3) is 0 Å². The fourth-order valence-electron chi connectivity index (χ4n) is 2.15. The first-order chi connectivity index (χ1) is 11.6. The third kappa shape index (κ3) is 3.88. The topological polar surface area (TPSA) is 95.5 Å². The van der Waals surface area contributed by atoms with Crippen LogP contribution in [0.4, 0.5) is 0 Å². The number of nitrogens with one attached hydrogen (secondary N) is 3. The minimum atomic E-state index is -1.01. The predicted octanol–water partition coefficient (Wildman–Crippen LogP) is 0.560. The molecule has 4 N–H and O–H groups in total. The quantitative estimate of drug-likeness (QED) is 0.613. The molecule has 122 valence electrons. The molecule has 1 fully saturated rings. The van der Waals surface area contributed by atoms with Gasteiger partial charge in [-0.3, -0.25) is 4.79 Å². The van der Waals surface area contributed by atoms with E-state index in [1.165, 1.54) is 0 Å². The normalized spacial score (nSPS) is 19.4. The van der Waals surface area contributed by atoms with Gasteiger partial charge in [0.1, 0.15) is 11.4 Å². The molecule has 2 aromatic rings. The van der Waals surface area contributed by atoms with Crippen LogP contribution >= 0.6 is 0 Å². The molecule has 3 rings (SSSR count). The smallest absolute Gasteiger partial charge is 0.327 e. The Morgan fingerprint density at radius 2 is 1.96 bits per heavy atom. The maximum Gasteiger partial charge on any atom is 0.327 e. The van der Waals surface area contributed by atoms with Gasteiger partial charge in [0.15, 0.2) is 12.3 Å². The van der Waals surface area contributed by atoms with Gasteiger partial charge in [0.05, 0.1) is 0 Å². The van der Waals surface area contributed by atoms with Gasteiger partial charge in [-0.15, -0.1) is 0 Å². The van der Waals surface area contributed by atoms with Crippen LogP contribution < -0.4 is 21.1 Å². The Kier molecular flexibility index (Phi) is 4.72. The maximum absolute atomic E-state index is 11.1. The summed E-state index contributed by atoms with van der Waals surface area (Å²) in [6.07, 6.45) is -0.712. The molecule has 7 nitrogen and oxygen atoms in total. The minimum absolute atomic E-state index is 0.545. The van der Waals surface area contributed by atoms with Crippen molar-refractivity contribution < 1.29 is 14.6 Å². The highest BCUT2D eigenvalue weighted by Crippen LogP contribution is 2.15. The Labute approximate surface area is 139 Å². The molecule has 24 heavy (non-hydrogen) atoms. The molecule has 2 heterocycles. The molecular formula is C17H16N4O3. The number of pyridine rings is 1. The molecule has 1 aromatic heterocycles. The van der Waals surface area contributed by atoms with Crippen LogP contribution in [-0.4, -0.2) is 28.3 Å². The van der Waals surface area contributed by atoms with E-state index in [1.807, 2.05) is 37.3 Å². The highest BCUT2D eigenvalue weighted by atomic mass is 16.5. The highest BCUT2D eigenvalue weighted by Gasteiger charge is 2.34. The van der Waals surface area contributed by atoms with Crippen LogP contribution in [0.15, 0.2) is 42.5 Å². The first kappa shape index (κ1) is 16.0. The molecule has 0 radical (unpaired) electrons. The number of aryl methyl sites for hydroxylation is 1. The summed E-state index contributed by atoms with van der Waals surface area (Å²) in [7, 11) is 0. The molecule has 0 amide bonds. The van der Waals surface area contributed by atoms with Crippen LogP contribution in [0.2, 0.25) is 0 Å². The van der Waals surface area contributed by atoms with Crippen LogP contribution in [0.1, 0.15) is 17.0 Å². The molecule has 2 atom stereocenters. The van der Waals surface area contributed by atoms with Crippen molar-refractivity contribution >= 4 is 5.97 Å². The molecular weight excluding hydrogens is 308 g/mol. The second-order valence-corrected chi connectivity index (χ2v) is 5.21. The van der Waals surface area contributed by atoms with Crippen LogP contribution in [0.3, 0.4) is 0 Å². The van der Waals surface area contributed by atoms with Gasteiger partial charge >= 0.3 is 5.97 Å². The number of nitrogens with zero attached hydrogens (tertiary/aromatic N) is 1. The van der Waals surface area contributed by atoms with Gasteiger partial charge in [0.2, 0.25) is 0 Å². The predicted molar refractivity (Wildman–Crippen MR) is 86.6 cm³/mol. The molecule has 7 heteroatoms. The third-order valence-corrected chi connectivity index (χ3v) is 3.35. The number of hydrogen-bond acceptors (Lipinski definition) is 6. The summed E-state index contributed by atoms with van der Waals surface area (Å²) >= 11 is 0. The van der Waals surface area contributed by atoms with Crippen LogP contribution in [0, 0.1) is 18.8 Å². The Hall–Kier alpha value is -2.92. The lowest BCUT2D eigenvalue weighted by molar-refractivity contribution is -0.141. The molecule has 0 saturated carbocycles. The van der Waals surface area contributed by atoms with Gasteiger partial charge < -0.3 is 9.84 Å². The summed E-state index contributed by atoms with van der Waals surface area (Å²) in [6.45, 7) is 1.92. The monoisotopic (exact) mass is 324 g/mol. The first-order valence-corrected chi connectivity index (χ1v) is 7.33. The van der Waals surface area contributed by atoms with Crippen molar-refractivity contribution in [1.29, 1.82) is 0 Å². The zero-order chi connectivity index (χ0) is 16.9. The molecule has 0 spiro atoms. The second kappa shape index (κ2) is 7.10. The molecule has 1 saturated heterocycles. The van der Waals surface area contributed by atoms with E-state index in [0.29, 0.717) is 11.4 Å². The molecule has 1 aliphatic heterocycles. The number of benzene rings is 1. The minimum Gasteiger partial charge on any atom is -0.480 e. The number of rotatable bonds is 3. The van der Waals surface area contributed by atoms with E-state index < -0.39 is 18.2 Å². The average molecular weight is 324 g/mol. The number of carboxylic acid groups (broad SMARTS) is 1. The third-order valence-electron chi connectivity index (χ3n) is 3.35. The van der Waals surface area contributed by atoms with Gasteiger partial charge in [-0.2, -0.15) is 5.53 Å². The Balaban J connectivity index is 1.67. The Morgan fingerprint density at radius 3 is 2.67 bits per heavy atom. The number of aromatic nitrogens is 1. The Morgan fingerprint density at radius 1 is 1.17 bits per heavy atom. The van der Waals surface area contributed by atoms with Gasteiger partial charge in [-0.25, -0.2) is 15.8 Å². The summed E-state index contributed by atoms with van der Waals surface area (Å²) in [5.74, 6) is 5.57. The number of hydrazine groups is 2. The Bertz CT molecular complexity index is 795. The fourth-order valence-corrected chi connectivity index (χ4v) is 2.15. The van der Waals surface area contributed by atoms with E-state index in [0.717, 1.165) is 11.3 Å². The average Bonchev–Trinajstić information content (AvgIpc) is 3.03. The van der Waals surface area contributed by atoms with Crippen molar-refractivity contribution in [2.45, 2.75) is 19.2 Å².